The molecule has 0 radical (unpaired) electrons. The number of aryl methyl sites for hydroxylation is 1. The summed E-state index contributed by atoms with van der Waals surface area (Å²) in [5, 5.41) is 9.22. The first-order valence-electron chi connectivity index (χ1n) is 4.72. The number of nitrogens with one attached hydrogen (secondary N) is 1. The highest BCUT2D eigenvalue weighted by Gasteiger charge is 1.98. The Kier molecular flexibility index (Phi) is 3.37. The summed E-state index contributed by atoms with van der Waals surface area (Å²) in [6.45, 7) is 3.66. The van der Waals surface area contributed by atoms with Crippen molar-refractivity contribution in [2.45, 2.75) is 20.0 Å². The molecule has 15 heavy (non-hydrogen) atoms. The zero-order chi connectivity index (χ0) is 10.5. The first-order valence-corrected chi connectivity index (χ1v) is 5.56. The quantitative estimate of drug-likeness (QED) is 0.849. The van der Waals surface area contributed by atoms with E-state index in [1.165, 1.54) is 22.7 Å². The van der Waals surface area contributed by atoms with E-state index in [1.807, 2.05) is 23.8 Å². The molecule has 0 bridgehead atoms. The van der Waals surface area contributed by atoms with Crippen LogP contribution >= 0.6 is 11.5 Å². The molecule has 0 aliphatic rings. The largest absolute Gasteiger partial charge is 0.307 e. The van der Waals surface area contributed by atoms with Crippen molar-refractivity contribution in [2.24, 2.45) is 0 Å². The molecule has 0 amide bonds. The van der Waals surface area contributed by atoms with E-state index >= 15 is 0 Å². The molecule has 2 aromatic heterocycles. The summed E-state index contributed by atoms with van der Waals surface area (Å²) >= 11 is 1.38. The minimum absolute atomic E-state index is 0.755. The van der Waals surface area contributed by atoms with E-state index in [0.717, 1.165) is 18.8 Å². The lowest BCUT2D eigenvalue weighted by Crippen LogP contribution is -2.13. The number of pyridine rings is 1. The molecule has 5 heteroatoms. The van der Waals surface area contributed by atoms with Gasteiger partial charge in [0, 0.05) is 30.9 Å². The number of aromatic nitrogens is 3. The van der Waals surface area contributed by atoms with Gasteiger partial charge in [-0.3, -0.25) is 4.98 Å². The highest BCUT2D eigenvalue weighted by Crippen LogP contribution is 2.04. The fraction of sp³-hybridized carbons (Fsp3) is 0.300. The van der Waals surface area contributed by atoms with Crippen molar-refractivity contribution in [3.05, 3.63) is 40.7 Å². The average Bonchev–Trinajstić information content (AvgIpc) is 2.74. The Morgan fingerprint density at radius 2 is 2.33 bits per heavy atom. The Labute approximate surface area is 92.5 Å². The van der Waals surface area contributed by atoms with E-state index in [0.29, 0.717) is 0 Å². The van der Waals surface area contributed by atoms with Gasteiger partial charge in [-0.2, -0.15) is 0 Å². The molecule has 0 aliphatic heterocycles. The molecule has 0 spiro atoms. The van der Waals surface area contributed by atoms with E-state index < -0.39 is 0 Å². The molecular formula is C10H12N4S. The zero-order valence-electron chi connectivity index (χ0n) is 8.47. The minimum atomic E-state index is 0.755. The molecule has 2 rings (SSSR count). The molecule has 0 atom stereocenters. The highest BCUT2D eigenvalue weighted by atomic mass is 32.1. The van der Waals surface area contributed by atoms with Crippen LogP contribution in [0, 0.1) is 6.92 Å². The zero-order valence-corrected chi connectivity index (χ0v) is 9.29. The molecule has 0 aliphatic carbocycles. The van der Waals surface area contributed by atoms with Crippen LogP contribution in [-0.4, -0.2) is 14.6 Å². The maximum atomic E-state index is 4.10. The second-order valence-electron chi connectivity index (χ2n) is 3.30. The average molecular weight is 220 g/mol. The summed E-state index contributed by atoms with van der Waals surface area (Å²) in [5.41, 5.74) is 3.47. The van der Waals surface area contributed by atoms with Crippen LogP contribution in [0.1, 0.15) is 16.8 Å². The molecule has 78 valence electrons. The normalized spacial score (nSPS) is 10.5. The highest BCUT2D eigenvalue weighted by molar-refractivity contribution is 7.03. The van der Waals surface area contributed by atoms with Crippen LogP contribution in [0.25, 0.3) is 0 Å². The van der Waals surface area contributed by atoms with Gasteiger partial charge < -0.3 is 5.32 Å². The predicted octanol–water partition coefficient (Wildman–Crippen LogP) is 1.53. The molecule has 0 saturated heterocycles. The Bertz CT molecular complexity index is 413. The second-order valence-corrected chi connectivity index (χ2v) is 3.91. The van der Waals surface area contributed by atoms with Gasteiger partial charge in [0.15, 0.2) is 0 Å². The van der Waals surface area contributed by atoms with Crippen LogP contribution in [-0.2, 0) is 13.1 Å². The van der Waals surface area contributed by atoms with Gasteiger partial charge in [-0.05, 0) is 35.6 Å². The van der Waals surface area contributed by atoms with E-state index in [4.69, 9.17) is 0 Å². The molecular weight excluding hydrogens is 208 g/mol. The lowest BCUT2D eigenvalue weighted by molar-refractivity contribution is 0.673. The van der Waals surface area contributed by atoms with Gasteiger partial charge in [0.05, 0.1) is 5.69 Å². The monoisotopic (exact) mass is 220 g/mol. The van der Waals surface area contributed by atoms with Gasteiger partial charge in [0.1, 0.15) is 0 Å². The smallest absolute Gasteiger partial charge is 0.0893 e. The van der Waals surface area contributed by atoms with Crippen LogP contribution in [0.4, 0.5) is 0 Å². The van der Waals surface area contributed by atoms with Crippen molar-refractivity contribution in [2.75, 3.05) is 0 Å². The molecule has 0 saturated carbocycles. The number of rotatable bonds is 4. The maximum Gasteiger partial charge on any atom is 0.0893 e. The van der Waals surface area contributed by atoms with Gasteiger partial charge in [-0.15, -0.1) is 5.10 Å². The predicted molar refractivity (Wildman–Crippen MR) is 59.4 cm³/mol. The molecule has 0 aromatic carbocycles. The number of nitrogens with zero attached hydrogens (tertiary/aromatic N) is 3. The van der Waals surface area contributed by atoms with Gasteiger partial charge in [-0.25, -0.2) is 0 Å². The Hall–Kier alpha value is -1.33. The van der Waals surface area contributed by atoms with Gasteiger partial charge in [-0.1, -0.05) is 4.49 Å². The summed E-state index contributed by atoms with van der Waals surface area (Å²) in [5.74, 6) is 0. The summed E-state index contributed by atoms with van der Waals surface area (Å²) in [6.07, 6.45) is 3.70. The SMILES string of the molecule is Cc1ccncc1CNCc1csnn1. The van der Waals surface area contributed by atoms with E-state index in [9.17, 15) is 0 Å². The van der Waals surface area contributed by atoms with Crippen molar-refractivity contribution in [1.29, 1.82) is 0 Å². The third-order valence-electron chi connectivity index (χ3n) is 2.17. The molecule has 2 aromatic rings. The lowest BCUT2D eigenvalue weighted by atomic mass is 10.1. The first kappa shape index (κ1) is 10.2. The topological polar surface area (TPSA) is 50.7 Å². The van der Waals surface area contributed by atoms with Gasteiger partial charge in [0.25, 0.3) is 0 Å². The number of hydrogen-bond acceptors (Lipinski definition) is 5. The third-order valence-corrected chi connectivity index (χ3v) is 2.73. The van der Waals surface area contributed by atoms with Crippen molar-refractivity contribution in [1.82, 2.24) is 19.9 Å². The van der Waals surface area contributed by atoms with Crippen molar-refractivity contribution < 1.29 is 0 Å². The van der Waals surface area contributed by atoms with E-state index in [1.54, 1.807) is 0 Å². The molecule has 0 unspecified atom stereocenters. The van der Waals surface area contributed by atoms with Crippen molar-refractivity contribution in [3.63, 3.8) is 0 Å². The molecule has 0 fully saturated rings. The molecule has 4 nitrogen and oxygen atoms in total. The van der Waals surface area contributed by atoms with Gasteiger partial charge in [0.2, 0.25) is 0 Å². The van der Waals surface area contributed by atoms with Crippen LogP contribution in [0.3, 0.4) is 0 Å². The van der Waals surface area contributed by atoms with E-state index in [2.05, 4.69) is 26.8 Å². The van der Waals surface area contributed by atoms with Gasteiger partial charge >= 0.3 is 0 Å². The van der Waals surface area contributed by atoms with Crippen LogP contribution in [0.2, 0.25) is 0 Å². The Balaban J connectivity index is 1.86. The van der Waals surface area contributed by atoms with Crippen LogP contribution < -0.4 is 5.32 Å². The first-order chi connectivity index (χ1) is 7.36. The van der Waals surface area contributed by atoms with Crippen molar-refractivity contribution in [3.8, 4) is 0 Å². The number of hydrogen-bond donors (Lipinski definition) is 1. The fourth-order valence-electron chi connectivity index (χ4n) is 1.27. The van der Waals surface area contributed by atoms with Crippen molar-refractivity contribution >= 4 is 11.5 Å². The lowest BCUT2D eigenvalue weighted by Gasteiger charge is -2.05. The summed E-state index contributed by atoms with van der Waals surface area (Å²) in [4.78, 5) is 4.10. The summed E-state index contributed by atoms with van der Waals surface area (Å²) in [6, 6.07) is 2.02. The standard InChI is InChI=1S/C10H12N4S/c1-8-2-3-11-4-9(8)5-12-6-10-7-15-14-13-10/h2-4,7,12H,5-6H2,1H3. The molecule has 1 N–H and O–H groups in total. The van der Waals surface area contributed by atoms with Crippen LogP contribution in [0.15, 0.2) is 23.8 Å². The summed E-state index contributed by atoms with van der Waals surface area (Å²) in [7, 11) is 0. The Morgan fingerprint density at radius 1 is 1.40 bits per heavy atom. The minimum Gasteiger partial charge on any atom is -0.307 e. The van der Waals surface area contributed by atoms with E-state index in [-0.39, 0.29) is 0 Å². The maximum absolute atomic E-state index is 4.10. The summed E-state index contributed by atoms with van der Waals surface area (Å²) < 4.78 is 3.80. The molecule has 2 heterocycles. The Morgan fingerprint density at radius 3 is 3.07 bits per heavy atom. The third kappa shape index (κ3) is 2.81. The second kappa shape index (κ2) is 4.95. The fourth-order valence-corrected chi connectivity index (χ4v) is 1.72. The van der Waals surface area contributed by atoms with Crippen LogP contribution in [0.5, 0.6) is 0 Å².